The predicted molar refractivity (Wildman–Crippen MR) is 72.2 cm³/mol. The van der Waals surface area contributed by atoms with Gasteiger partial charge in [0, 0.05) is 18.6 Å². The van der Waals surface area contributed by atoms with Crippen LogP contribution >= 0.6 is 0 Å². The molecule has 3 rings (SSSR count). The van der Waals surface area contributed by atoms with E-state index in [1.165, 1.54) is 23.8 Å². The van der Waals surface area contributed by atoms with Gasteiger partial charge in [-0.15, -0.1) is 0 Å². The third-order valence-corrected chi connectivity index (χ3v) is 3.94. The summed E-state index contributed by atoms with van der Waals surface area (Å²) < 4.78 is 15.3. The zero-order valence-electron chi connectivity index (χ0n) is 10.7. The summed E-state index contributed by atoms with van der Waals surface area (Å²) in [4.78, 5) is 0. The number of hydrogen-bond donors (Lipinski definition) is 1. The fourth-order valence-electron chi connectivity index (χ4n) is 3.01. The molecule has 0 saturated carbocycles. The average Bonchev–Trinajstić information content (AvgIpc) is 2.67. The van der Waals surface area contributed by atoms with E-state index in [1.807, 2.05) is 17.7 Å². The van der Waals surface area contributed by atoms with Crippen LogP contribution in [0.4, 0.5) is 4.39 Å². The summed E-state index contributed by atoms with van der Waals surface area (Å²) in [5.41, 5.74) is 2.34. The molecule has 1 N–H and O–H groups in total. The third kappa shape index (κ3) is 2.15. The number of hydrogen-bond acceptors (Lipinski definition) is 1. The minimum absolute atomic E-state index is 0.158. The Bertz CT molecular complexity index is 553. The Kier molecular flexibility index (Phi) is 3.08. The quantitative estimate of drug-likeness (QED) is 0.862. The summed E-state index contributed by atoms with van der Waals surface area (Å²) in [6.07, 6.45) is 5.81. The first-order chi connectivity index (χ1) is 8.74. The van der Waals surface area contributed by atoms with Gasteiger partial charge in [-0.25, -0.2) is 4.39 Å². The van der Waals surface area contributed by atoms with Gasteiger partial charge in [0.2, 0.25) is 0 Å². The molecule has 1 atom stereocenters. The highest BCUT2D eigenvalue weighted by atomic mass is 19.1. The number of halogens is 1. The average molecular weight is 246 g/mol. The summed E-state index contributed by atoms with van der Waals surface area (Å²) in [6, 6.07) is 5.10. The Morgan fingerprint density at radius 2 is 2.33 bits per heavy atom. The summed E-state index contributed by atoms with van der Waals surface area (Å²) in [6.45, 7) is 2.26. The van der Waals surface area contributed by atoms with Gasteiger partial charge < -0.3 is 9.88 Å². The van der Waals surface area contributed by atoms with Crippen LogP contribution in [0, 0.1) is 11.7 Å². The third-order valence-electron chi connectivity index (χ3n) is 3.94. The van der Waals surface area contributed by atoms with E-state index in [4.69, 9.17) is 0 Å². The van der Waals surface area contributed by atoms with Crippen LogP contribution in [-0.4, -0.2) is 17.7 Å². The van der Waals surface area contributed by atoms with Gasteiger partial charge in [-0.2, -0.15) is 0 Å². The number of fused-ring (bicyclic) bond motifs is 1. The zero-order valence-corrected chi connectivity index (χ0v) is 10.7. The fraction of sp³-hybridized carbons (Fsp3) is 0.467. The molecule has 2 nitrogen and oxygen atoms in total. The Labute approximate surface area is 107 Å². The van der Waals surface area contributed by atoms with Crippen molar-refractivity contribution < 1.29 is 4.39 Å². The number of nitrogens with zero attached hydrogens (tertiary/aromatic N) is 1. The number of piperidine rings is 1. The highest BCUT2D eigenvalue weighted by molar-refractivity contribution is 5.84. The Morgan fingerprint density at radius 3 is 3.11 bits per heavy atom. The highest BCUT2D eigenvalue weighted by Gasteiger charge is 2.16. The molecule has 0 spiro atoms. The minimum atomic E-state index is -0.158. The maximum atomic E-state index is 13.3. The van der Waals surface area contributed by atoms with Gasteiger partial charge >= 0.3 is 0 Å². The van der Waals surface area contributed by atoms with E-state index >= 15 is 0 Å². The maximum Gasteiger partial charge on any atom is 0.125 e. The molecule has 1 saturated heterocycles. The summed E-state index contributed by atoms with van der Waals surface area (Å²) in [5.74, 6) is 0.559. The smallest absolute Gasteiger partial charge is 0.125 e. The molecule has 0 amide bonds. The lowest BCUT2D eigenvalue weighted by Crippen LogP contribution is -2.30. The molecule has 0 bridgehead atoms. The van der Waals surface area contributed by atoms with Crippen LogP contribution in [0.1, 0.15) is 18.4 Å². The van der Waals surface area contributed by atoms with E-state index < -0.39 is 0 Å². The van der Waals surface area contributed by atoms with E-state index in [-0.39, 0.29) is 5.82 Å². The molecule has 1 fully saturated rings. The number of benzene rings is 1. The lowest BCUT2D eigenvalue weighted by atomic mass is 9.92. The molecule has 2 aromatic rings. The second kappa shape index (κ2) is 4.73. The molecule has 3 heteroatoms. The number of aromatic nitrogens is 1. The van der Waals surface area contributed by atoms with Gasteiger partial charge in [0.1, 0.15) is 5.82 Å². The molecule has 96 valence electrons. The van der Waals surface area contributed by atoms with Crippen LogP contribution < -0.4 is 5.32 Å². The van der Waals surface area contributed by atoms with Gasteiger partial charge in [0.25, 0.3) is 0 Å². The SMILES string of the molecule is Cn1cc(C[C@@H]2CCCNC2)c2ccc(F)cc21. The highest BCUT2D eigenvalue weighted by Crippen LogP contribution is 2.25. The van der Waals surface area contributed by atoms with E-state index in [9.17, 15) is 4.39 Å². The van der Waals surface area contributed by atoms with Crippen molar-refractivity contribution in [3.63, 3.8) is 0 Å². The van der Waals surface area contributed by atoms with E-state index in [0.717, 1.165) is 30.9 Å². The summed E-state index contributed by atoms with van der Waals surface area (Å²) in [7, 11) is 1.99. The van der Waals surface area contributed by atoms with Crippen LogP contribution in [0.3, 0.4) is 0 Å². The summed E-state index contributed by atoms with van der Waals surface area (Å²) >= 11 is 0. The van der Waals surface area contributed by atoms with Crippen LogP contribution in [0.15, 0.2) is 24.4 Å². The van der Waals surface area contributed by atoms with Crippen LogP contribution in [-0.2, 0) is 13.5 Å². The first kappa shape index (κ1) is 11.7. The Hall–Kier alpha value is -1.35. The molecule has 2 heterocycles. The van der Waals surface area contributed by atoms with Crippen molar-refractivity contribution >= 4 is 10.9 Å². The largest absolute Gasteiger partial charge is 0.350 e. The van der Waals surface area contributed by atoms with Crippen molar-refractivity contribution in [3.05, 3.63) is 35.8 Å². The van der Waals surface area contributed by atoms with Gasteiger partial charge in [-0.05, 0) is 62.0 Å². The number of aryl methyl sites for hydroxylation is 1. The second-order valence-corrected chi connectivity index (χ2v) is 5.34. The van der Waals surface area contributed by atoms with E-state index in [0.29, 0.717) is 0 Å². The van der Waals surface area contributed by atoms with Crippen molar-refractivity contribution in [2.24, 2.45) is 13.0 Å². The van der Waals surface area contributed by atoms with Crippen LogP contribution in [0.25, 0.3) is 10.9 Å². The fourth-order valence-corrected chi connectivity index (χ4v) is 3.01. The molecular weight excluding hydrogens is 227 g/mol. The van der Waals surface area contributed by atoms with Crippen molar-refractivity contribution in [1.82, 2.24) is 9.88 Å². The van der Waals surface area contributed by atoms with Crippen molar-refractivity contribution in [2.45, 2.75) is 19.3 Å². The zero-order chi connectivity index (χ0) is 12.5. The normalized spacial score (nSPS) is 20.4. The molecule has 0 radical (unpaired) electrons. The van der Waals surface area contributed by atoms with E-state index in [2.05, 4.69) is 11.5 Å². The summed E-state index contributed by atoms with van der Waals surface area (Å²) in [5, 5.41) is 4.65. The van der Waals surface area contributed by atoms with Gasteiger partial charge in [-0.1, -0.05) is 0 Å². The van der Waals surface area contributed by atoms with E-state index in [1.54, 1.807) is 12.1 Å². The molecule has 0 unspecified atom stereocenters. The Balaban J connectivity index is 1.91. The number of rotatable bonds is 2. The van der Waals surface area contributed by atoms with Gasteiger partial charge in [0.05, 0.1) is 5.52 Å². The second-order valence-electron chi connectivity index (χ2n) is 5.34. The lowest BCUT2D eigenvalue weighted by molar-refractivity contribution is 0.376. The molecule has 1 aromatic carbocycles. The van der Waals surface area contributed by atoms with Gasteiger partial charge in [0.15, 0.2) is 0 Å². The number of nitrogens with one attached hydrogen (secondary N) is 1. The first-order valence-corrected chi connectivity index (χ1v) is 6.68. The van der Waals surface area contributed by atoms with Crippen molar-refractivity contribution in [2.75, 3.05) is 13.1 Å². The minimum Gasteiger partial charge on any atom is -0.350 e. The van der Waals surface area contributed by atoms with Gasteiger partial charge in [-0.3, -0.25) is 0 Å². The lowest BCUT2D eigenvalue weighted by Gasteiger charge is -2.22. The first-order valence-electron chi connectivity index (χ1n) is 6.68. The Morgan fingerprint density at radius 1 is 1.44 bits per heavy atom. The monoisotopic (exact) mass is 246 g/mol. The molecule has 1 aliphatic heterocycles. The molecule has 18 heavy (non-hydrogen) atoms. The van der Waals surface area contributed by atoms with Crippen molar-refractivity contribution in [3.8, 4) is 0 Å². The molecule has 1 aromatic heterocycles. The maximum absolute atomic E-state index is 13.3. The topological polar surface area (TPSA) is 17.0 Å². The molecule has 1 aliphatic rings. The standard InChI is InChI=1S/C15H19FN2/c1-18-10-12(7-11-3-2-6-17-9-11)14-5-4-13(16)8-15(14)18/h4-5,8,10-11,17H,2-3,6-7,9H2,1H3/t11-/m0/s1. The predicted octanol–water partition coefficient (Wildman–Crippen LogP) is 2.86. The van der Waals surface area contributed by atoms with Crippen LogP contribution in [0.5, 0.6) is 0 Å². The molecule has 0 aliphatic carbocycles. The molecular formula is C15H19FN2. The van der Waals surface area contributed by atoms with Crippen LogP contribution in [0.2, 0.25) is 0 Å². The van der Waals surface area contributed by atoms with Crippen molar-refractivity contribution in [1.29, 1.82) is 0 Å².